The third-order valence-corrected chi connectivity index (χ3v) is 8.00. The number of ether oxygens (including phenoxy) is 1. The molecule has 0 radical (unpaired) electrons. The van der Waals surface area contributed by atoms with Crippen LogP contribution in [0.1, 0.15) is 30.5 Å². The Morgan fingerprint density at radius 2 is 2.00 bits per heavy atom. The minimum Gasteiger partial charge on any atom is -0.506 e. The first kappa shape index (κ1) is 26.2. The van der Waals surface area contributed by atoms with E-state index >= 15 is 0 Å². The molecule has 0 bridgehead atoms. The van der Waals surface area contributed by atoms with Crippen LogP contribution < -0.4 is 15.6 Å². The van der Waals surface area contributed by atoms with Crippen molar-refractivity contribution in [2.45, 2.75) is 42.6 Å². The first-order valence-electron chi connectivity index (χ1n) is 12.6. The van der Waals surface area contributed by atoms with Crippen molar-refractivity contribution < 1.29 is 23.4 Å². The van der Waals surface area contributed by atoms with Crippen LogP contribution in [0.5, 0.6) is 11.5 Å². The summed E-state index contributed by atoms with van der Waals surface area (Å²) in [6.07, 6.45) is 3.76. The van der Waals surface area contributed by atoms with Crippen molar-refractivity contribution in [3.63, 3.8) is 0 Å². The fourth-order valence-electron chi connectivity index (χ4n) is 4.36. The molecule has 0 saturated heterocycles. The van der Waals surface area contributed by atoms with E-state index in [0.29, 0.717) is 46.9 Å². The number of thioether (sulfide) groups is 1. The van der Waals surface area contributed by atoms with E-state index in [1.54, 1.807) is 34.9 Å². The van der Waals surface area contributed by atoms with Gasteiger partial charge in [0.15, 0.2) is 16.8 Å². The summed E-state index contributed by atoms with van der Waals surface area (Å²) >= 11 is 1.57. The van der Waals surface area contributed by atoms with Gasteiger partial charge in [-0.25, -0.2) is 13.8 Å². The molecule has 8 nitrogen and oxygen atoms in total. The fourth-order valence-corrected chi connectivity index (χ4v) is 5.68. The van der Waals surface area contributed by atoms with E-state index in [9.17, 15) is 23.5 Å². The number of carbonyl (C=O) groups is 1. The molecule has 2 aromatic carbocycles. The average molecular weight is 543 g/mol. The molecule has 3 aromatic rings. The lowest BCUT2D eigenvalue weighted by atomic mass is 10.0. The minimum absolute atomic E-state index is 0.00894. The zero-order chi connectivity index (χ0) is 26.6. The smallest absolute Gasteiger partial charge is 0.264 e. The van der Waals surface area contributed by atoms with Gasteiger partial charge in [-0.15, -0.1) is 0 Å². The van der Waals surface area contributed by atoms with Gasteiger partial charge in [0.1, 0.15) is 18.1 Å². The number of carbonyl (C=O) groups excluding carboxylic acids is 1. The van der Waals surface area contributed by atoms with Gasteiger partial charge in [-0.3, -0.25) is 14.2 Å². The number of aromatic hydroxyl groups is 1. The molecule has 0 atom stereocenters. The van der Waals surface area contributed by atoms with Crippen LogP contribution in [0, 0.1) is 11.6 Å². The third kappa shape index (κ3) is 5.68. The van der Waals surface area contributed by atoms with Crippen molar-refractivity contribution in [3.05, 3.63) is 75.7 Å². The molecule has 2 heterocycles. The monoisotopic (exact) mass is 542 g/mol. The Labute approximate surface area is 222 Å². The molecule has 1 aromatic heterocycles. The summed E-state index contributed by atoms with van der Waals surface area (Å²) in [5, 5.41) is 14.4. The van der Waals surface area contributed by atoms with Crippen LogP contribution in [0.2, 0.25) is 0 Å². The number of hydrogen-bond acceptors (Lipinski definition) is 7. The lowest BCUT2D eigenvalue weighted by molar-refractivity contribution is -0.131. The van der Waals surface area contributed by atoms with Crippen LogP contribution in [0.4, 0.5) is 8.78 Å². The number of rotatable bonds is 9. The zero-order valence-electron chi connectivity index (χ0n) is 20.7. The Morgan fingerprint density at radius 3 is 2.74 bits per heavy atom. The molecule has 11 heteroatoms. The summed E-state index contributed by atoms with van der Waals surface area (Å²) < 4.78 is 33.1. The number of aromatic nitrogens is 2. The Balaban J connectivity index is 1.25. The highest BCUT2D eigenvalue weighted by atomic mass is 32.2. The van der Waals surface area contributed by atoms with Gasteiger partial charge in [-0.2, -0.15) is 0 Å². The van der Waals surface area contributed by atoms with E-state index in [1.165, 1.54) is 16.7 Å². The fraction of sp³-hybridized carbons (Fsp3) is 0.370. The Hall–Kier alpha value is -3.44. The molecular weight excluding hydrogens is 514 g/mol. The normalized spacial score (nSPS) is 15.2. The average Bonchev–Trinajstić information content (AvgIpc) is 2.88. The standard InChI is InChI=1S/C27H28F2N4O4S/c28-20-9-8-17(14-21(20)29)37-13-11-30-15-25(35)32-12-10-22-19(16-32)26(36)33(23-6-1-2-7-24(23)34)27(31-22)38-18-4-3-5-18/h1-2,6-9,14,18,30,34H,3-5,10-13,15-16H2. The van der Waals surface area contributed by atoms with E-state index in [4.69, 9.17) is 9.72 Å². The van der Waals surface area contributed by atoms with Crippen LogP contribution in [0.3, 0.4) is 0 Å². The maximum Gasteiger partial charge on any atom is 0.264 e. The number of nitrogens with zero attached hydrogens (tertiary/aromatic N) is 3. The Morgan fingerprint density at radius 1 is 1.18 bits per heavy atom. The second-order valence-corrected chi connectivity index (χ2v) is 10.6. The molecule has 0 unspecified atom stereocenters. The summed E-state index contributed by atoms with van der Waals surface area (Å²) in [4.78, 5) is 33.0. The number of para-hydroxylation sites is 2. The first-order chi connectivity index (χ1) is 18.4. The summed E-state index contributed by atoms with van der Waals surface area (Å²) in [5.74, 6) is -1.91. The number of nitrogens with one attached hydrogen (secondary N) is 1. The van der Waals surface area contributed by atoms with Crippen molar-refractivity contribution >= 4 is 17.7 Å². The number of hydrogen-bond donors (Lipinski definition) is 2. The molecule has 200 valence electrons. The molecule has 1 saturated carbocycles. The van der Waals surface area contributed by atoms with Crippen LogP contribution in [0.25, 0.3) is 5.69 Å². The SMILES string of the molecule is O=C(CNCCOc1ccc(F)c(F)c1)N1CCc2nc(SC3CCC3)n(-c3ccccc3O)c(=O)c2C1. The molecule has 1 aliphatic carbocycles. The molecular formula is C27H28F2N4O4S. The Bertz CT molecular complexity index is 1400. The first-order valence-corrected chi connectivity index (χ1v) is 13.4. The number of phenols is 1. The summed E-state index contributed by atoms with van der Waals surface area (Å²) in [6.45, 7) is 1.10. The Kier molecular flexibility index (Phi) is 7.94. The highest BCUT2D eigenvalue weighted by Gasteiger charge is 2.29. The van der Waals surface area contributed by atoms with E-state index in [1.807, 2.05) is 0 Å². The molecule has 2 N–H and O–H groups in total. The van der Waals surface area contributed by atoms with Crippen LogP contribution >= 0.6 is 11.8 Å². The predicted molar refractivity (Wildman–Crippen MR) is 139 cm³/mol. The van der Waals surface area contributed by atoms with Crippen molar-refractivity contribution in [1.29, 1.82) is 0 Å². The number of amides is 1. The molecule has 2 aliphatic rings. The van der Waals surface area contributed by atoms with Gasteiger partial charge in [0.25, 0.3) is 5.56 Å². The van der Waals surface area contributed by atoms with Gasteiger partial charge >= 0.3 is 0 Å². The zero-order valence-corrected chi connectivity index (χ0v) is 21.5. The maximum absolute atomic E-state index is 13.7. The molecule has 1 fully saturated rings. The predicted octanol–water partition coefficient (Wildman–Crippen LogP) is 3.41. The summed E-state index contributed by atoms with van der Waals surface area (Å²) in [6, 6.07) is 9.98. The van der Waals surface area contributed by atoms with Crippen molar-refractivity contribution in [2.24, 2.45) is 0 Å². The summed E-state index contributed by atoms with van der Waals surface area (Å²) in [7, 11) is 0. The quantitative estimate of drug-likeness (QED) is 0.316. The van der Waals surface area contributed by atoms with Crippen molar-refractivity contribution in [1.82, 2.24) is 19.8 Å². The minimum atomic E-state index is -0.985. The number of halogens is 2. The lowest BCUT2D eigenvalue weighted by Gasteiger charge is -2.30. The van der Waals surface area contributed by atoms with Gasteiger partial charge in [0.05, 0.1) is 30.0 Å². The molecule has 38 heavy (non-hydrogen) atoms. The van der Waals surface area contributed by atoms with Gasteiger partial charge < -0.3 is 20.1 Å². The van der Waals surface area contributed by atoms with Gasteiger partial charge in [0.2, 0.25) is 5.91 Å². The molecule has 0 spiro atoms. The molecule has 1 aliphatic heterocycles. The number of fused-ring (bicyclic) bond motifs is 1. The lowest BCUT2D eigenvalue weighted by Crippen LogP contribution is -2.44. The van der Waals surface area contributed by atoms with Gasteiger partial charge in [0, 0.05) is 30.8 Å². The molecule has 1 amide bonds. The summed E-state index contributed by atoms with van der Waals surface area (Å²) in [5.41, 5.74) is 1.25. The number of benzene rings is 2. The highest BCUT2D eigenvalue weighted by Crippen LogP contribution is 2.37. The van der Waals surface area contributed by atoms with Crippen LogP contribution in [-0.2, 0) is 17.8 Å². The molecule has 5 rings (SSSR count). The third-order valence-electron chi connectivity index (χ3n) is 6.71. The largest absolute Gasteiger partial charge is 0.506 e. The van der Waals surface area contributed by atoms with Crippen LogP contribution in [0.15, 0.2) is 52.4 Å². The van der Waals surface area contributed by atoms with Gasteiger partial charge in [-0.05, 0) is 37.1 Å². The van der Waals surface area contributed by atoms with E-state index in [-0.39, 0.29) is 42.7 Å². The second kappa shape index (κ2) is 11.5. The number of phenolic OH excluding ortho intramolecular Hbond substituents is 1. The second-order valence-electron chi connectivity index (χ2n) is 9.29. The van der Waals surface area contributed by atoms with E-state index < -0.39 is 11.6 Å². The van der Waals surface area contributed by atoms with Crippen LogP contribution in [-0.4, -0.2) is 57.0 Å². The van der Waals surface area contributed by atoms with Gasteiger partial charge in [-0.1, -0.05) is 30.3 Å². The highest BCUT2D eigenvalue weighted by molar-refractivity contribution is 7.99. The van der Waals surface area contributed by atoms with Crippen molar-refractivity contribution in [2.75, 3.05) is 26.2 Å². The van der Waals surface area contributed by atoms with Crippen molar-refractivity contribution in [3.8, 4) is 17.2 Å². The maximum atomic E-state index is 13.7. The van der Waals surface area contributed by atoms with E-state index in [2.05, 4.69) is 5.32 Å². The topological polar surface area (TPSA) is 96.7 Å². The van der Waals surface area contributed by atoms with E-state index in [0.717, 1.165) is 31.4 Å².